The average Bonchev–Trinajstić information content (AvgIpc) is 2.62. The van der Waals surface area contributed by atoms with Crippen molar-refractivity contribution in [2.75, 3.05) is 13.2 Å². The summed E-state index contributed by atoms with van der Waals surface area (Å²) in [5.41, 5.74) is -2.22. The van der Waals surface area contributed by atoms with Crippen molar-refractivity contribution in [2.24, 2.45) is 0 Å². The topological polar surface area (TPSA) is 112 Å². The Labute approximate surface area is 157 Å². The molecule has 0 fully saturated rings. The molecule has 2 aromatic carbocycles. The summed E-state index contributed by atoms with van der Waals surface area (Å²) in [6, 6.07) is 11.3. The number of hydrogen-bond acceptors (Lipinski definition) is 7. The van der Waals surface area contributed by atoms with Crippen LogP contribution in [0.5, 0.6) is 17.2 Å². The first kappa shape index (κ1) is 18.5. The van der Waals surface area contributed by atoms with Crippen LogP contribution in [0.25, 0.3) is 11.0 Å². The van der Waals surface area contributed by atoms with Crippen molar-refractivity contribution in [3.63, 3.8) is 0 Å². The van der Waals surface area contributed by atoms with Crippen LogP contribution in [0.3, 0.4) is 0 Å². The van der Waals surface area contributed by atoms with Crippen molar-refractivity contribution in [3.05, 3.63) is 68.0 Å². The Morgan fingerprint density at radius 3 is 2.37 bits per heavy atom. The van der Waals surface area contributed by atoms with Crippen molar-refractivity contribution in [3.8, 4) is 17.2 Å². The number of hydrogen-bond donors (Lipinski definition) is 1. The number of fused-ring (bicyclic) bond motifs is 1. The van der Waals surface area contributed by atoms with Gasteiger partial charge in [-0.05, 0) is 36.4 Å². The minimum atomic E-state index is -1.22. The van der Waals surface area contributed by atoms with Gasteiger partial charge in [-0.1, -0.05) is 11.6 Å². The summed E-state index contributed by atoms with van der Waals surface area (Å²) in [6.07, 6.45) is 0.593. The van der Waals surface area contributed by atoms with Crippen molar-refractivity contribution >= 4 is 28.3 Å². The highest BCUT2D eigenvalue weighted by Gasteiger charge is 2.24. The predicted molar refractivity (Wildman–Crippen MR) is 97.9 cm³/mol. The highest BCUT2D eigenvalue weighted by atomic mass is 35.5. The molecule has 0 unspecified atom stereocenters. The molecule has 1 heterocycles. The molecule has 0 amide bonds. The number of benzene rings is 2. The second-order valence-electron chi connectivity index (χ2n) is 5.51. The maximum atomic E-state index is 11.6. The zero-order valence-corrected chi connectivity index (χ0v) is 14.6. The van der Waals surface area contributed by atoms with Gasteiger partial charge >= 0.3 is 11.3 Å². The highest BCUT2D eigenvalue weighted by molar-refractivity contribution is 6.30. The summed E-state index contributed by atoms with van der Waals surface area (Å²) in [4.78, 5) is 21.5. The Morgan fingerprint density at radius 1 is 1.07 bits per heavy atom. The van der Waals surface area contributed by atoms with Gasteiger partial charge < -0.3 is 19.0 Å². The molecule has 0 aliphatic heterocycles. The van der Waals surface area contributed by atoms with Crippen molar-refractivity contribution < 1.29 is 23.9 Å². The molecule has 3 aromatic rings. The molecule has 0 aliphatic carbocycles. The third kappa shape index (κ3) is 4.29. The lowest BCUT2D eigenvalue weighted by Gasteiger charge is -2.09. The van der Waals surface area contributed by atoms with E-state index in [0.717, 1.165) is 0 Å². The number of halogens is 1. The average molecular weight is 392 g/mol. The van der Waals surface area contributed by atoms with Crippen LogP contribution >= 0.6 is 11.6 Å². The molecule has 0 atom stereocenters. The number of nitrogens with zero attached hydrogens (tertiary/aromatic N) is 1. The fourth-order valence-electron chi connectivity index (χ4n) is 2.38. The molecule has 0 saturated carbocycles. The molecule has 0 radical (unpaired) electrons. The van der Waals surface area contributed by atoms with Crippen LogP contribution in [0.15, 0.2) is 51.7 Å². The number of nitro groups is 1. The molecule has 8 nitrogen and oxygen atoms in total. The zero-order chi connectivity index (χ0) is 19.4. The molecule has 27 heavy (non-hydrogen) atoms. The minimum Gasteiger partial charge on any atom is -0.501 e. The highest BCUT2D eigenvalue weighted by Crippen LogP contribution is 2.32. The summed E-state index contributed by atoms with van der Waals surface area (Å²) in [5, 5.41) is 21.4. The van der Waals surface area contributed by atoms with E-state index in [0.29, 0.717) is 36.2 Å². The van der Waals surface area contributed by atoms with Crippen LogP contribution in [0, 0.1) is 10.1 Å². The van der Waals surface area contributed by atoms with E-state index in [1.807, 2.05) is 0 Å². The molecule has 9 heteroatoms. The Balaban J connectivity index is 1.61. The van der Waals surface area contributed by atoms with E-state index >= 15 is 0 Å². The third-order valence-corrected chi connectivity index (χ3v) is 3.90. The molecule has 0 saturated heterocycles. The molecule has 0 aliphatic rings. The Morgan fingerprint density at radius 2 is 1.70 bits per heavy atom. The lowest BCUT2D eigenvalue weighted by atomic mass is 10.2. The molecule has 1 N–H and O–H groups in total. The second kappa shape index (κ2) is 7.96. The van der Waals surface area contributed by atoms with Crippen molar-refractivity contribution in [1.29, 1.82) is 0 Å². The van der Waals surface area contributed by atoms with E-state index < -0.39 is 22.0 Å². The first-order valence-corrected chi connectivity index (χ1v) is 8.29. The van der Waals surface area contributed by atoms with Crippen molar-refractivity contribution in [1.82, 2.24) is 0 Å². The fourth-order valence-corrected chi connectivity index (χ4v) is 2.50. The molecular weight excluding hydrogens is 378 g/mol. The molecule has 0 spiro atoms. The SMILES string of the molecule is O=c1oc2cc(OCCCOc3ccc(Cl)cc3)ccc2c(O)c1[N+](=O)[O-]. The standard InChI is InChI=1S/C18H14ClNO7/c19-11-2-4-12(5-3-11)25-8-1-9-26-13-6-7-14-15(10-13)27-18(22)16(17(14)21)20(23)24/h2-7,10,21H,1,8-9H2. The van der Waals surface area contributed by atoms with E-state index in [1.165, 1.54) is 18.2 Å². The van der Waals surface area contributed by atoms with E-state index in [2.05, 4.69) is 0 Å². The van der Waals surface area contributed by atoms with Gasteiger partial charge in [0.05, 0.1) is 23.5 Å². The van der Waals surface area contributed by atoms with Crippen LogP contribution in [-0.4, -0.2) is 23.2 Å². The fraction of sp³-hybridized carbons (Fsp3) is 0.167. The molecule has 140 valence electrons. The van der Waals surface area contributed by atoms with Crippen LogP contribution in [0.4, 0.5) is 5.69 Å². The van der Waals surface area contributed by atoms with Gasteiger partial charge in [-0.15, -0.1) is 0 Å². The maximum Gasteiger partial charge on any atom is 0.419 e. The molecule has 3 rings (SSSR count). The maximum absolute atomic E-state index is 11.6. The Kier molecular flexibility index (Phi) is 5.46. The largest absolute Gasteiger partial charge is 0.501 e. The zero-order valence-electron chi connectivity index (χ0n) is 13.9. The Hall–Kier alpha value is -3.26. The number of aromatic hydroxyl groups is 1. The summed E-state index contributed by atoms with van der Waals surface area (Å²) >= 11 is 5.80. The number of rotatable bonds is 7. The van der Waals surface area contributed by atoms with Gasteiger partial charge in [0.15, 0.2) is 0 Å². The Bertz CT molecular complexity index is 1030. The van der Waals surface area contributed by atoms with Crippen LogP contribution in [0.1, 0.15) is 6.42 Å². The van der Waals surface area contributed by atoms with E-state index in [4.69, 9.17) is 25.5 Å². The molecular formula is C18H14ClNO7. The third-order valence-electron chi connectivity index (χ3n) is 3.65. The van der Waals surface area contributed by atoms with Gasteiger partial charge in [0.2, 0.25) is 5.75 Å². The summed E-state index contributed by atoms with van der Waals surface area (Å²) in [6.45, 7) is 0.763. The lowest BCUT2D eigenvalue weighted by Crippen LogP contribution is -2.07. The summed E-state index contributed by atoms with van der Waals surface area (Å²) < 4.78 is 16.0. The second-order valence-corrected chi connectivity index (χ2v) is 5.94. The van der Waals surface area contributed by atoms with E-state index in [9.17, 15) is 20.0 Å². The van der Waals surface area contributed by atoms with Crippen LogP contribution < -0.4 is 15.1 Å². The molecule has 1 aromatic heterocycles. The van der Waals surface area contributed by atoms with Gasteiger partial charge in [-0.3, -0.25) is 10.1 Å². The quantitative estimate of drug-likeness (QED) is 0.281. The van der Waals surface area contributed by atoms with Gasteiger partial charge in [-0.2, -0.15) is 0 Å². The first-order chi connectivity index (χ1) is 13.0. The smallest absolute Gasteiger partial charge is 0.419 e. The molecule has 0 bridgehead atoms. The van der Waals surface area contributed by atoms with E-state index in [-0.39, 0.29) is 11.0 Å². The number of ether oxygens (including phenoxy) is 2. The monoisotopic (exact) mass is 391 g/mol. The summed E-state index contributed by atoms with van der Waals surface area (Å²) in [7, 11) is 0. The van der Waals surface area contributed by atoms with Crippen LogP contribution in [0.2, 0.25) is 5.02 Å². The van der Waals surface area contributed by atoms with Crippen LogP contribution in [-0.2, 0) is 0 Å². The predicted octanol–water partition coefficient (Wildman–Crippen LogP) is 3.91. The normalized spacial score (nSPS) is 10.7. The minimum absolute atomic E-state index is 0.00184. The van der Waals surface area contributed by atoms with Crippen molar-refractivity contribution in [2.45, 2.75) is 6.42 Å². The van der Waals surface area contributed by atoms with Gasteiger partial charge in [0.25, 0.3) is 0 Å². The van der Waals surface area contributed by atoms with E-state index in [1.54, 1.807) is 24.3 Å². The van der Waals surface area contributed by atoms with Gasteiger partial charge in [0.1, 0.15) is 17.1 Å². The first-order valence-electron chi connectivity index (χ1n) is 7.91. The lowest BCUT2D eigenvalue weighted by molar-refractivity contribution is -0.388. The van der Waals surface area contributed by atoms with Gasteiger partial charge in [0, 0.05) is 17.5 Å². The van der Waals surface area contributed by atoms with Gasteiger partial charge in [-0.25, -0.2) is 4.79 Å². The summed E-state index contributed by atoms with van der Waals surface area (Å²) in [5.74, 6) is 0.364.